The Kier molecular flexibility index (Phi) is 3.69. The lowest BCUT2D eigenvalue weighted by molar-refractivity contribution is 0.0963. The smallest absolute Gasteiger partial charge is 0.181 e. The summed E-state index contributed by atoms with van der Waals surface area (Å²) in [5.74, 6) is -0.0671. The Morgan fingerprint density at radius 2 is 1.52 bits per heavy atom. The van der Waals surface area contributed by atoms with Gasteiger partial charge < -0.3 is 0 Å². The molecule has 2 heteroatoms. The summed E-state index contributed by atoms with van der Waals surface area (Å²) in [6.45, 7) is 0. The van der Waals surface area contributed by atoms with Gasteiger partial charge >= 0.3 is 0 Å². The van der Waals surface area contributed by atoms with Gasteiger partial charge in [-0.3, -0.25) is 9.69 Å². The summed E-state index contributed by atoms with van der Waals surface area (Å²) in [6, 6.07) is 18.5. The molecule has 1 aliphatic carbocycles. The van der Waals surface area contributed by atoms with Crippen molar-refractivity contribution in [1.29, 1.82) is 0 Å². The van der Waals surface area contributed by atoms with E-state index in [9.17, 15) is 4.79 Å². The molecule has 0 bridgehead atoms. The largest absolute Gasteiger partial charge is 0.292 e. The Hall–Kier alpha value is -1.93. The molecule has 1 aliphatic heterocycles. The van der Waals surface area contributed by atoms with Crippen molar-refractivity contribution in [2.24, 2.45) is 0 Å². The number of carbonyl (C=O) groups excluding carboxylic acids is 1. The van der Waals surface area contributed by atoms with Crippen LogP contribution >= 0.6 is 0 Å². The van der Waals surface area contributed by atoms with Gasteiger partial charge in [-0.05, 0) is 18.4 Å². The molecule has 0 amide bonds. The fourth-order valence-corrected chi connectivity index (χ4v) is 3.91. The van der Waals surface area contributed by atoms with Crippen LogP contribution in [0.5, 0.6) is 0 Å². The molecule has 23 heavy (non-hydrogen) atoms. The molecular formula is C21H23NO. The highest BCUT2D eigenvalue weighted by Crippen LogP contribution is 2.49. The van der Waals surface area contributed by atoms with E-state index in [-0.39, 0.29) is 11.8 Å². The molecule has 0 radical (unpaired) electrons. The van der Waals surface area contributed by atoms with Crippen LogP contribution in [0.25, 0.3) is 0 Å². The first kappa shape index (κ1) is 13.5. The van der Waals surface area contributed by atoms with Crippen LogP contribution in [0.2, 0.25) is 0 Å². The minimum atomic E-state index is -1.15. The van der Waals surface area contributed by atoms with Crippen molar-refractivity contribution in [3.63, 3.8) is 0 Å². The third kappa shape index (κ3) is 2.84. The Morgan fingerprint density at radius 1 is 0.913 bits per heavy atom. The van der Waals surface area contributed by atoms with Crippen molar-refractivity contribution in [1.82, 2.24) is 4.90 Å². The second-order valence-corrected chi connectivity index (χ2v) is 6.59. The van der Waals surface area contributed by atoms with Gasteiger partial charge in [-0.25, -0.2) is 0 Å². The van der Waals surface area contributed by atoms with Gasteiger partial charge in [0.15, 0.2) is 5.78 Å². The summed E-state index contributed by atoms with van der Waals surface area (Å²) in [5.41, 5.74) is 1.73. The topological polar surface area (TPSA) is 20.1 Å². The molecule has 1 saturated heterocycles. The lowest BCUT2D eigenvalue weighted by Crippen LogP contribution is -2.26. The van der Waals surface area contributed by atoms with E-state index in [2.05, 4.69) is 17.0 Å². The van der Waals surface area contributed by atoms with E-state index in [1.807, 2.05) is 48.5 Å². The molecule has 1 saturated carbocycles. The zero-order chi connectivity index (χ0) is 16.6. The Bertz CT molecular complexity index is 711. The monoisotopic (exact) mass is 306 g/mol. The van der Waals surface area contributed by atoms with Crippen LogP contribution in [0.1, 0.15) is 55.4 Å². The van der Waals surface area contributed by atoms with Crippen LogP contribution in [0.3, 0.4) is 0 Å². The standard InChI is InChI=1S/C21H23NO/c23-21(17-12-6-2-7-13-17)20-19(16-10-4-1-5-11-16)22(20)18-14-8-3-9-15-18/h1-2,4-7,10-13,18-20H,3,8-9,14-15H2/t19-,20-,22?/m0/s1/i20D. The van der Waals surface area contributed by atoms with Crippen molar-refractivity contribution in [2.45, 2.75) is 50.2 Å². The summed E-state index contributed by atoms with van der Waals surface area (Å²) < 4.78 is 9.05. The van der Waals surface area contributed by atoms with Crippen LogP contribution in [0, 0.1) is 0 Å². The highest BCUT2D eigenvalue weighted by Gasteiger charge is 2.55. The number of hydrogen-bond donors (Lipinski definition) is 0. The Balaban J connectivity index is 1.69. The highest BCUT2D eigenvalue weighted by atomic mass is 16.1. The number of ketones is 1. The van der Waals surface area contributed by atoms with Crippen LogP contribution in [0.4, 0.5) is 0 Å². The molecule has 118 valence electrons. The van der Waals surface area contributed by atoms with Gasteiger partial charge in [0.05, 0.1) is 13.4 Å². The number of Topliss-reactive ketones (excluding diaryl/α,β-unsaturated/α-hetero) is 1. The molecule has 2 aromatic rings. The van der Waals surface area contributed by atoms with Crippen molar-refractivity contribution < 1.29 is 6.17 Å². The van der Waals surface area contributed by atoms with E-state index >= 15 is 0 Å². The molecule has 0 spiro atoms. The van der Waals surface area contributed by atoms with Gasteiger partial charge in [0.2, 0.25) is 0 Å². The molecule has 2 aliphatic rings. The van der Waals surface area contributed by atoms with Crippen molar-refractivity contribution in [3.05, 3.63) is 71.8 Å². The summed E-state index contributed by atoms with van der Waals surface area (Å²) in [5, 5.41) is 0. The molecule has 0 N–H and O–H groups in total. The zero-order valence-corrected chi connectivity index (χ0v) is 13.3. The maximum absolute atomic E-state index is 13.1. The van der Waals surface area contributed by atoms with Crippen LogP contribution in [-0.2, 0) is 0 Å². The molecule has 4 rings (SSSR count). The quantitative estimate of drug-likeness (QED) is 0.606. The van der Waals surface area contributed by atoms with Gasteiger partial charge in [0, 0.05) is 11.6 Å². The van der Waals surface area contributed by atoms with Crippen LogP contribution in [0.15, 0.2) is 60.7 Å². The van der Waals surface area contributed by atoms with Gasteiger partial charge in [0.25, 0.3) is 0 Å². The molecule has 1 heterocycles. The first-order valence-corrected chi connectivity index (χ1v) is 8.66. The van der Waals surface area contributed by atoms with Gasteiger partial charge in [-0.15, -0.1) is 0 Å². The minimum Gasteiger partial charge on any atom is -0.292 e. The second kappa shape index (κ2) is 6.29. The summed E-state index contributed by atoms with van der Waals surface area (Å²) >= 11 is 0. The highest BCUT2D eigenvalue weighted by molar-refractivity contribution is 6.02. The van der Waals surface area contributed by atoms with Crippen LogP contribution in [-0.4, -0.2) is 22.7 Å². The number of benzene rings is 2. The Labute approximate surface area is 139 Å². The number of nitrogens with zero attached hydrogens (tertiary/aromatic N) is 1. The van der Waals surface area contributed by atoms with E-state index in [1.54, 1.807) is 0 Å². The average molecular weight is 306 g/mol. The minimum absolute atomic E-state index is 0.0671. The first-order valence-electron chi connectivity index (χ1n) is 9.16. The van der Waals surface area contributed by atoms with Gasteiger partial charge in [-0.1, -0.05) is 79.9 Å². The molecule has 2 fully saturated rings. The van der Waals surface area contributed by atoms with Crippen molar-refractivity contribution >= 4 is 5.78 Å². The molecule has 2 nitrogen and oxygen atoms in total. The Morgan fingerprint density at radius 3 is 2.17 bits per heavy atom. The number of carbonyl (C=O) groups is 1. The SMILES string of the molecule is [2H][C@@]1(C(=O)c2ccccc2)[C@H](c2ccccc2)N1C1CCCCC1. The molecule has 0 aromatic heterocycles. The molecule has 1 unspecified atom stereocenters. The second-order valence-electron chi connectivity index (χ2n) is 6.59. The molecular weight excluding hydrogens is 282 g/mol. The maximum atomic E-state index is 13.1. The summed E-state index contributed by atoms with van der Waals surface area (Å²) in [4.78, 5) is 15.3. The average Bonchev–Trinajstić information content (AvgIpc) is 3.30. The predicted octanol–water partition coefficient (Wildman–Crippen LogP) is 4.63. The van der Waals surface area contributed by atoms with E-state index in [4.69, 9.17) is 1.37 Å². The van der Waals surface area contributed by atoms with E-state index < -0.39 is 6.02 Å². The number of rotatable bonds is 4. The molecule has 3 atom stereocenters. The normalized spacial score (nSPS) is 31.4. The van der Waals surface area contributed by atoms with E-state index in [0.717, 1.165) is 18.4 Å². The first-order chi connectivity index (χ1) is 11.7. The zero-order valence-electron chi connectivity index (χ0n) is 14.3. The summed E-state index contributed by atoms with van der Waals surface area (Å²) in [7, 11) is 0. The van der Waals surface area contributed by atoms with E-state index in [0.29, 0.717) is 11.6 Å². The van der Waals surface area contributed by atoms with E-state index in [1.165, 1.54) is 19.3 Å². The van der Waals surface area contributed by atoms with Crippen molar-refractivity contribution in [3.8, 4) is 0 Å². The lowest BCUT2D eigenvalue weighted by Gasteiger charge is -2.24. The summed E-state index contributed by atoms with van der Waals surface area (Å²) in [6.07, 6.45) is 5.90. The third-order valence-electron chi connectivity index (χ3n) is 5.10. The fraction of sp³-hybridized carbons (Fsp3) is 0.381. The predicted molar refractivity (Wildman–Crippen MR) is 92.5 cm³/mol. The molecule has 2 aromatic carbocycles. The fourth-order valence-electron chi connectivity index (χ4n) is 3.91. The number of hydrogen-bond acceptors (Lipinski definition) is 2. The van der Waals surface area contributed by atoms with Crippen molar-refractivity contribution in [2.75, 3.05) is 0 Å². The maximum Gasteiger partial charge on any atom is 0.181 e. The van der Waals surface area contributed by atoms with Gasteiger partial charge in [0.1, 0.15) is 0 Å². The lowest BCUT2D eigenvalue weighted by atomic mass is 9.95. The van der Waals surface area contributed by atoms with Gasteiger partial charge in [-0.2, -0.15) is 0 Å². The third-order valence-corrected chi connectivity index (χ3v) is 5.10. The van der Waals surface area contributed by atoms with Crippen LogP contribution < -0.4 is 0 Å².